The Morgan fingerprint density at radius 3 is 0.882 bits per heavy atom. The molecule has 0 saturated heterocycles. The van der Waals surface area contributed by atoms with Crippen LogP contribution in [0.5, 0.6) is 5.75 Å². The molecular weight excluding hydrogens is 1010 g/mol. The van der Waals surface area contributed by atoms with Crippen LogP contribution in [-0.2, 0) is 16.0 Å². The topological polar surface area (TPSA) is 18.5 Å². The number of halogens is 26. The van der Waals surface area contributed by atoms with Gasteiger partial charge in [-0.1, -0.05) is 27.7 Å². The maximum absolute atomic E-state index is 15.5. The standard InChI is InChI=1S/C40H24F26O2/c1-5-35(58,6-2)15-25(49)17(41)12(18(42)26(15)50)14-23(47)32(56)34(33(57)24(14)48)67-9-37(59,60)39(63,64)40(65,66)38(61,62)10-68-36(7-3,8-4)16-27(51)19(43)11(20(44)28(16)52)13-21(45)29(53)31(55)30(54)22(13)46/h5-10H2,1-4H3. The number of alkyl halides is 9. The van der Waals surface area contributed by atoms with Crippen molar-refractivity contribution in [2.45, 2.75) is 88.3 Å². The minimum absolute atomic E-state index is 0.595. The second kappa shape index (κ2) is 18.6. The van der Waals surface area contributed by atoms with Gasteiger partial charge in [-0.15, -0.1) is 0 Å². The van der Waals surface area contributed by atoms with E-state index in [4.69, 9.17) is 0 Å². The maximum atomic E-state index is 15.5. The second-order valence-electron chi connectivity index (χ2n) is 14.4. The van der Waals surface area contributed by atoms with Crippen LogP contribution in [0.25, 0.3) is 22.3 Å². The molecule has 0 aromatic heterocycles. The first-order chi connectivity index (χ1) is 31.0. The van der Waals surface area contributed by atoms with Gasteiger partial charge in [0.25, 0.3) is 0 Å². The quantitative estimate of drug-likeness (QED) is 0.0596. The number of rotatable bonds is 17. The highest BCUT2D eigenvalue weighted by Gasteiger charge is 2.81. The molecule has 0 bridgehead atoms. The Kier molecular flexibility index (Phi) is 15.2. The summed E-state index contributed by atoms with van der Waals surface area (Å²) in [6, 6.07) is 0. The van der Waals surface area contributed by atoms with E-state index in [0.717, 1.165) is 13.8 Å². The molecule has 4 aromatic rings. The molecule has 28 heteroatoms. The first-order valence-electron chi connectivity index (χ1n) is 18.6. The van der Waals surface area contributed by atoms with E-state index in [1.165, 1.54) is 0 Å². The lowest BCUT2D eigenvalue weighted by atomic mass is 9.85. The second-order valence-corrected chi connectivity index (χ2v) is 14.4. The van der Waals surface area contributed by atoms with Gasteiger partial charge in [0.2, 0.25) is 17.5 Å². The normalized spacial score (nSPS) is 13.3. The lowest BCUT2D eigenvalue weighted by Crippen LogP contribution is -2.65. The van der Waals surface area contributed by atoms with Crippen molar-refractivity contribution >= 4 is 0 Å². The summed E-state index contributed by atoms with van der Waals surface area (Å²) in [6.45, 7) is -4.12. The molecule has 0 spiro atoms. The summed E-state index contributed by atoms with van der Waals surface area (Å²) < 4.78 is 393. The number of benzene rings is 4. The molecule has 0 aliphatic rings. The van der Waals surface area contributed by atoms with Gasteiger partial charge in [-0.25, -0.2) is 70.2 Å². The van der Waals surface area contributed by atoms with E-state index in [9.17, 15) is 65.9 Å². The van der Waals surface area contributed by atoms with Crippen molar-refractivity contribution in [1.29, 1.82) is 0 Å². The lowest BCUT2D eigenvalue weighted by molar-refractivity contribution is -0.377. The summed E-state index contributed by atoms with van der Waals surface area (Å²) in [6.07, 6.45) is -4.51. The Labute approximate surface area is 363 Å². The highest BCUT2D eigenvalue weighted by molar-refractivity contribution is 5.70. The van der Waals surface area contributed by atoms with Crippen molar-refractivity contribution < 1.29 is 124 Å². The Hall–Kier alpha value is -5.18. The molecule has 4 rings (SSSR count). The van der Waals surface area contributed by atoms with Gasteiger partial charge in [0, 0.05) is 0 Å². The minimum Gasteiger partial charge on any atom is -0.481 e. The Bertz CT molecular complexity index is 2520. The van der Waals surface area contributed by atoms with Gasteiger partial charge in [-0.05, 0) is 25.7 Å². The molecule has 0 radical (unpaired) electrons. The van der Waals surface area contributed by atoms with Crippen molar-refractivity contribution in [2.24, 2.45) is 0 Å². The van der Waals surface area contributed by atoms with Crippen LogP contribution in [0, 0.1) is 98.9 Å². The SMILES string of the molecule is CCC(F)(CC)c1c(F)c(F)c(-c2c(F)c(F)c(OCC(F)(F)C(F)(F)C(F)(F)C(F)(F)COC(CC)(CC)c3c(F)c(F)c(-c4c(F)c(F)c(F)c(F)c4F)c(F)c3F)c(F)c2F)c(F)c1F. The molecule has 0 N–H and O–H groups in total. The monoisotopic (exact) mass is 1030 g/mol. The van der Waals surface area contributed by atoms with Crippen molar-refractivity contribution in [3.05, 3.63) is 110 Å². The zero-order valence-electron chi connectivity index (χ0n) is 33.9. The third-order valence-electron chi connectivity index (χ3n) is 10.9. The molecular formula is C40H24F26O2. The summed E-state index contributed by atoms with van der Waals surface area (Å²) in [5, 5.41) is 0. The van der Waals surface area contributed by atoms with Crippen molar-refractivity contribution in [1.82, 2.24) is 0 Å². The first kappa shape index (κ1) is 55.4. The predicted molar refractivity (Wildman–Crippen MR) is 180 cm³/mol. The predicted octanol–water partition coefficient (Wildman–Crippen LogP) is 15.0. The molecule has 0 unspecified atom stereocenters. The number of hydrogen-bond donors (Lipinski definition) is 0. The van der Waals surface area contributed by atoms with Gasteiger partial charge in [-0.2, -0.15) is 43.9 Å². The average Bonchev–Trinajstić information content (AvgIpc) is 3.28. The third-order valence-corrected chi connectivity index (χ3v) is 10.9. The van der Waals surface area contributed by atoms with E-state index in [1.54, 1.807) is 0 Å². The number of hydrogen-bond acceptors (Lipinski definition) is 2. The van der Waals surface area contributed by atoms with E-state index in [1.807, 2.05) is 0 Å². The van der Waals surface area contributed by atoms with Crippen molar-refractivity contribution in [3.63, 3.8) is 0 Å². The van der Waals surface area contributed by atoms with Crippen LogP contribution < -0.4 is 4.74 Å². The highest BCUT2D eigenvalue weighted by atomic mass is 19.4. The summed E-state index contributed by atoms with van der Waals surface area (Å²) in [4.78, 5) is 0. The molecule has 0 fully saturated rings. The molecule has 4 aromatic carbocycles. The summed E-state index contributed by atoms with van der Waals surface area (Å²) >= 11 is 0. The van der Waals surface area contributed by atoms with Crippen LogP contribution >= 0.6 is 0 Å². The van der Waals surface area contributed by atoms with Gasteiger partial charge in [0.05, 0.1) is 39.0 Å². The smallest absolute Gasteiger partial charge is 0.381 e. The zero-order valence-corrected chi connectivity index (χ0v) is 33.9. The fourth-order valence-corrected chi connectivity index (χ4v) is 6.79. The van der Waals surface area contributed by atoms with Crippen LogP contribution in [0.15, 0.2) is 0 Å². The highest BCUT2D eigenvalue weighted by Crippen LogP contribution is 2.54. The molecule has 0 atom stereocenters. The van der Waals surface area contributed by atoms with Gasteiger partial charge in [-0.3, -0.25) is 0 Å². The Balaban J connectivity index is 1.72. The first-order valence-corrected chi connectivity index (χ1v) is 18.6. The summed E-state index contributed by atoms with van der Waals surface area (Å²) in [7, 11) is 0. The molecule has 2 nitrogen and oxygen atoms in total. The van der Waals surface area contributed by atoms with Crippen LogP contribution in [0.4, 0.5) is 114 Å². The average molecular weight is 1030 g/mol. The van der Waals surface area contributed by atoms with Gasteiger partial charge >= 0.3 is 23.7 Å². The Morgan fingerprint density at radius 2 is 0.574 bits per heavy atom. The molecule has 0 saturated carbocycles. The largest absolute Gasteiger partial charge is 0.481 e. The third kappa shape index (κ3) is 8.21. The van der Waals surface area contributed by atoms with Crippen LogP contribution in [0.1, 0.15) is 64.5 Å². The lowest BCUT2D eigenvalue weighted by Gasteiger charge is -2.39. The molecule has 378 valence electrons. The van der Waals surface area contributed by atoms with Gasteiger partial charge < -0.3 is 9.47 Å². The molecule has 0 aliphatic carbocycles. The fraction of sp³-hybridized carbons (Fsp3) is 0.400. The summed E-state index contributed by atoms with van der Waals surface area (Å²) in [5.74, 6) is -83.3. The Morgan fingerprint density at radius 1 is 0.309 bits per heavy atom. The van der Waals surface area contributed by atoms with E-state index < -0.39 is 212 Å². The molecule has 0 aliphatic heterocycles. The molecule has 0 amide bonds. The van der Waals surface area contributed by atoms with E-state index in [-0.39, 0.29) is 0 Å². The maximum Gasteiger partial charge on any atom is 0.381 e. The molecule has 0 heterocycles. The number of ether oxygens (including phenoxy) is 2. The van der Waals surface area contributed by atoms with E-state index in [2.05, 4.69) is 9.47 Å². The van der Waals surface area contributed by atoms with Crippen molar-refractivity contribution in [2.75, 3.05) is 13.2 Å². The van der Waals surface area contributed by atoms with Crippen LogP contribution in [0.3, 0.4) is 0 Å². The van der Waals surface area contributed by atoms with Crippen LogP contribution in [-0.4, -0.2) is 36.9 Å². The van der Waals surface area contributed by atoms with Crippen LogP contribution in [0.2, 0.25) is 0 Å². The van der Waals surface area contributed by atoms with E-state index >= 15 is 48.3 Å². The van der Waals surface area contributed by atoms with Gasteiger partial charge in [0.15, 0.2) is 93.8 Å². The van der Waals surface area contributed by atoms with E-state index in [0.29, 0.717) is 13.8 Å². The molecule has 68 heavy (non-hydrogen) atoms. The zero-order chi connectivity index (χ0) is 52.5. The van der Waals surface area contributed by atoms with Gasteiger partial charge in [0.1, 0.15) is 12.3 Å². The fourth-order valence-electron chi connectivity index (χ4n) is 6.79. The minimum atomic E-state index is -7.63. The van der Waals surface area contributed by atoms with Crippen molar-refractivity contribution in [3.8, 4) is 28.0 Å². The summed E-state index contributed by atoms with van der Waals surface area (Å²) in [5.41, 5.74) is -21.8.